The molecule has 1 spiro atoms. The van der Waals surface area contributed by atoms with E-state index in [2.05, 4.69) is 11.0 Å². The van der Waals surface area contributed by atoms with Crippen molar-refractivity contribution in [1.29, 1.82) is 0 Å². The summed E-state index contributed by atoms with van der Waals surface area (Å²) in [5.41, 5.74) is 3.12. The van der Waals surface area contributed by atoms with E-state index in [9.17, 15) is 9.90 Å². The number of likely N-dealkylation sites (N-methyl/N-ethyl adjacent to an activating group) is 1. The van der Waals surface area contributed by atoms with Gasteiger partial charge in [-0.1, -0.05) is 24.3 Å². The number of ether oxygens (including phenoxy) is 1. The van der Waals surface area contributed by atoms with Crippen molar-refractivity contribution in [3.63, 3.8) is 0 Å². The van der Waals surface area contributed by atoms with E-state index in [1.165, 1.54) is 0 Å². The third-order valence-electron chi connectivity index (χ3n) is 4.30. The van der Waals surface area contributed by atoms with Gasteiger partial charge in [0.1, 0.15) is 11.3 Å². The zero-order chi connectivity index (χ0) is 16.2. The number of carboxylic acid groups (broad SMARTS) is 1. The topological polar surface area (TPSA) is 49.8 Å². The van der Waals surface area contributed by atoms with E-state index >= 15 is 0 Å². The highest BCUT2D eigenvalue weighted by atomic mass is 32.2. The zero-order valence-electron chi connectivity index (χ0n) is 12.7. The molecular formula is C18H15NO3S. The van der Waals surface area contributed by atoms with Gasteiger partial charge in [0.05, 0.1) is 5.69 Å². The maximum absolute atomic E-state index is 11.5. The predicted molar refractivity (Wildman–Crippen MR) is 91.1 cm³/mol. The molecule has 0 saturated carbocycles. The second kappa shape index (κ2) is 4.80. The van der Waals surface area contributed by atoms with Gasteiger partial charge in [0.2, 0.25) is 0 Å². The van der Waals surface area contributed by atoms with E-state index in [-0.39, 0.29) is 5.56 Å². The van der Waals surface area contributed by atoms with E-state index in [0.717, 1.165) is 21.7 Å². The lowest BCUT2D eigenvalue weighted by molar-refractivity contribution is 0.0688. The van der Waals surface area contributed by atoms with Crippen molar-refractivity contribution < 1.29 is 14.6 Å². The van der Waals surface area contributed by atoms with Gasteiger partial charge in [-0.25, -0.2) is 4.79 Å². The van der Waals surface area contributed by atoms with Gasteiger partial charge in [0.15, 0.2) is 0 Å². The van der Waals surface area contributed by atoms with Crippen molar-refractivity contribution >= 4 is 29.5 Å². The molecule has 2 aliphatic rings. The number of benzene rings is 2. The largest absolute Gasteiger partial charge is 0.478 e. The van der Waals surface area contributed by atoms with Crippen LogP contribution in [0, 0.1) is 0 Å². The monoisotopic (exact) mass is 325 g/mol. The number of rotatable bonds is 1. The molecule has 2 aliphatic heterocycles. The second-order valence-electron chi connectivity index (χ2n) is 5.67. The quantitative estimate of drug-likeness (QED) is 0.856. The molecule has 0 saturated heterocycles. The van der Waals surface area contributed by atoms with Gasteiger partial charge >= 0.3 is 5.97 Å². The Morgan fingerprint density at radius 2 is 2.00 bits per heavy atom. The van der Waals surface area contributed by atoms with Crippen LogP contribution in [0.1, 0.15) is 22.8 Å². The van der Waals surface area contributed by atoms with Crippen molar-refractivity contribution in [1.82, 2.24) is 0 Å². The lowest BCUT2D eigenvalue weighted by Gasteiger charge is -2.40. The molecular weight excluding hydrogens is 310 g/mol. The molecule has 0 fully saturated rings. The molecule has 23 heavy (non-hydrogen) atoms. The van der Waals surface area contributed by atoms with Gasteiger partial charge in [-0.15, -0.1) is 0 Å². The number of para-hydroxylation sites is 2. The zero-order valence-corrected chi connectivity index (χ0v) is 13.6. The summed E-state index contributed by atoms with van der Waals surface area (Å²) in [6.07, 6.45) is 2.01. The first-order chi connectivity index (χ1) is 11.0. The van der Waals surface area contributed by atoms with Crippen molar-refractivity contribution in [2.24, 2.45) is 0 Å². The van der Waals surface area contributed by atoms with E-state index < -0.39 is 11.0 Å². The predicted octanol–water partition coefficient (Wildman–Crippen LogP) is 4.08. The maximum atomic E-state index is 11.5. The maximum Gasteiger partial charge on any atom is 0.339 e. The summed E-state index contributed by atoms with van der Waals surface area (Å²) < 4.78 is 6.32. The van der Waals surface area contributed by atoms with Crippen LogP contribution in [0.5, 0.6) is 5.75 Å². The number of carbonyl (C=O) groups is 1. The van der Waals surface area contributed by atoms with Crippen molar-refractivity contribution in [2.75, 3.05) is 11.9 Å². The minimum absolute atomic E-state index is 0.190. The van der Waals surface area contributed by atoms with Gasteiger partial charge in [0, 0.05) is 23.1 Å². The Balaban J connectivity index is 1.88. The van der Waals surface area contributed by atoms with Crippen molar-refractivity contribution in [2.45, 2.75) is 16.9 Å². The molecule has 2 aromatic carbocycles. The Bertz CT molecular complexity index is 861. The average Bonchev–Trinajstić information content (AvgIpc) is 2.82. The molecule has 4 rings (SSSR count). The van der Waals surface area contributed by atoms with E-state index in [1.54, 1.807) is 23.9 Å². The number of nitrogens with zero attached hydrogens (tertiary/aromatic N) is 1. The summed E-state index contributed by atoms with van der Waals surface area (Å²) in [6, 6.07) is 13.3. The highest BCUT2D eigenvalue weighted by Gasteiger charge is 2.49. The molecule has 0 amide bonds. The van der Waals surface area contributed by atoms with Crippen LogP contribution in [-0.4, -0.2) is 23.2 Å². The molecule has 116 valence electrons. The Morgan fingerprint density at radius 1 is 1.22 bits per heavy atom. The van der Waals surface area contributed by atoms with E-state index in [1.807, 2.05) is 44.3 Å². The molecule has 0 radical (unpaired) electrons. The molecule has 1 atom stereocenters. The fourth-order valence-corrected chi connectivity index (χ4v) is 4.46. The first-order valence-corrected chi connectivity index (χ1v) is 8.10. The lowest BCUT2D eigenvalue weighted by Crippen LogP contribution is -2.48. The lowest BCUT2D eigenvalue weighted by atomic mass is 10.0. The first kappa shape index (κ1) is 14.2. The van der Waals surface area contributed by atoms with E-state index in [4.69, 9.17) is 4.74 Å². The Kier molecular flexibility index (Phi) is 2.96. The SMILES string of the molecule is CC1=Cc2cccc(C(=O)O)c2OC12Sc1ccccc1N2C. The summed E-state index contributed by atoms with van der Waals surface area (Å²) in [5.74, 6) is -0.550. The number of anilines is 1. The molecule has 0 aromatic heterocycles. The third-order valence-corrected chi connectivity index (χ3v) is 5.82. The number of fused-ring (bicyclic) bond motifs is 2. The summed E-state index contributed by atoms with van der Waals surface area (Å²) in [5, 5.41) is 8.72. The van der Waals surface area contributed by atoms with Crippen LogP contribution >= 0.6 is 11.8 Å². The molecule has 2 aromatic rings. The van der Waals surface area contributed by atoms with Crippen LogP contribution in [0.3, 0.4) is 0 Å². The van der Waals surface area contributed by atoms with Gasteiger partial charge < -0.3 is 14.7 Å². The van der Waals surface area contributed by atoms with Crippen LogP contribution in [0.15, 0.2) is 52.9 Å². The first-order valence-electron chi connectivity index (χ1n) is 7.29. The normalized spacial score (nSPS) is 21.5. The number of thioether (sulfide) groups is 1. The fourth-order valence-electron chi connectivity index (χ4n) is 3.13. The molecule has 2 heterocycles. The average molecular weight is 325 g/mol. The van der Waals surface area contributed by atoms with Crippen LogP contribution in [0.25, 0.3) is 6.08 Å². The van der Waals surface area contributed by atoms with Gasteiger partial charge in [0.25, 0.3) is 5.06 Å². The molecule has 0 aliphatic carbocycles. The highest BCUT2D eigenvalue weighted by Crippen LogP contribution is 2.55. The molecule has 0 bridgehead atoms. The number of carboxylic acids is 1. The van der Waals surface area contributed by atoms with Gasteiger partial charge in [-0.3, -0.25) is 0 Å². The van der Waals surface area contributed by atoms with Crippen LogP contribution < -0.4 is 9.64 Å². The van der Waals surface area contributed by atoms with Crippen LogP contribution in [0.2, 0.25) is 0 Å². The Labute approximate surface area is 138 Å². The summed E-state index contributed by atoms with van der Waals surface area (Å²) >= 11 is 1.60. The van der Waals surface area contributed by atoms with E-state index in [0.29, 0.717) is 5.75 Å². The molecule has 5 heteroatoms. The standard InChI is InChI=1S/C18H15NO3S/c1-11-10-12-6-5-7-13(17(20)21)16(12)22-18(11)19(2)14-8-3-4-9-15(14)23-18/h3-10H,1-2H3,(H,20,21). The number of hydrogen-bond acceptors (Lipinski definition) is 4. The fraction of sp³-hybridized carbons (Fsp3) is 0.167. The molecule has 4 nitrogen and oxygen atoms in total. The Morgan fingerprint density at radius 3 is 2.74 bits per heavy atom. The number of hydrogen-bond donors (Lipinski definition) is 1. The van der Waals surface area contributed by atoms with Gasteiger partial charge in [-0.05, 0) is 43.0 Å². The smallest absolute Gasteiger partial charge is 0.339 e. The van der Waals surface area contributed by atoms with Crippen LogP contribution in [0.4, 0.5) is 5.69 Å². The minimum Gasteiger partial charge on any atom is -0.478 e. The van der Waals surface area contributed by atoms with Crippen LogP contribution in [-0.2, 0) is 0 Å². The van der Waals surface area contributed by atoms with Gasteiger partial charge in [-0.2, -0.15) is 0 Å². The van der Waals surface area contributed by atoms with Crippen molar-refractivity contribution in [3.05, 3.63) is 59.2 Å². The number of aromatic carboxylic acids is 1. The Hall–Kier alpha value is -2.40. The summed E-state index contributed by atoms with van der Waals surface area (Å²) in [7, 11) is 1.98. The summed E-state index contributed by atoms with van der Waals surface area (Å²) in [6.45, 7) is 2.02. The minimum atomic E-state index is -0.979. The summed E-state index contributed by atoms with van der Waals surface area (Å²) in [4.78, 5) is 14.7. The highest BCUT2D eigenvalue weighted by molar-refractivity contribution is 8.01. The molecule has 1 N–H and O–H groups in total. The molecule has 1 unspecified atom stereocenters. The second-order valence-corrected chi connectivity index (χ2v) is 6.87. The van der Waals surface area contributed by atoms with Crippen molar-refractivity contribution in [3.8, 4) is 5.75 Å². The third kappa shape index (κ3) is 1.90.